The van der Waals surface area contributed by atoms with Gasteiger partial charge in [-0.3, -0.25) is 9.59 Å². The molecule has 2 aromatic carbocycles. The van der Waals surface area contributed by atoms with Crippen LogP contribution in [0.2, 0.25) is 5.02 Å². The second kappa shape index (κ2) is 9.12. The van der Waals surface area contributed by atoms with Gasteiger partial charge in [-0.15, -0.1) is 11.3 Å². The van der Waals surface area contributed by atoms with Crippen molar-refractivity contribution >= 4 is 67.8 Å². The highest BCUT2D eigenvalue weighted by molar-refractivity contribution is 9.11. The van der Waals surface area contributed by atoms with E-state index in [2.05, 4.69) is 21.2 Å². The lowest BCUT2D eigenvalue weighted by Gasteiger charge is -2.21. The molecule has 2 heterocycles. The number of carbonyl (C=O) groups is 2. The van der Waals surface area contributed by atoms with Crippen LogP contribution in [0, 0.1) is 0 Å². The molecule has 8 heteroatoms. The van der Waals surface area contributed by atoms with Crippen molar-refractivity contribution in [2.75, 3.05) is 11.4 Å². The molecule has 30 heavy (non-hydrogen) atoms. The number of thiophene rings is 1. The van der Waals surface area contributed by atoms with Crippen LogP contribution in [0.3, 0.4) is 0 Å². The van der Waals surface area contributed by atoms with Gasteiger partial charge in [0.25, 0.3) is 0 Å². The molecule has 5 nitrogen and oxygen atoms in total. The normalized spacial score (nSPS) is 13.5. The van der Waals surface area contributed by atoms with Crippen molar-refractivity contribution in [3.8, 4) is 0 Å². The van der Waals surface area contributed by atoms with Crippen molar-refractivity contribution in [1.29, 1.82) is 0 Å². The Hall–Kier alpha value is -2.48. The number of benzene rings is 2. The summed E-state index contributed by atoms with van der Waals surface area (Å²) in [6.07, 6.45) is 0.131. The Bertz CT molecular complexity index is 1130. The Morgan fingerprint density at radius 2 is 1.90 bits per heavy atom. The number of halogens is 2. The van der Waals surface area contributed by atoms with Crippen LogP contribution < -0.4 is 10.2 Å². The fourth-order valence-corrected chi connectivity index (χ4v) is 4.63. The maximum atomic E-state index is 13.1. The number of nitrogens with one attached hydrogen (secondary N) is 1. The topological polar surface area (TPSA) is 61.8 Å². The summed E-state index contributed by atoms with van der Waals surface area (Å²) in [7, 11) is 0. The van der Waals surface area contributed by atoms with Crippen LogP contribution in [-0.4, -0.2) is 24.1 Å². The predicted molar refractivity (Wildman–Crippen MR) is 125 cm³/mol. The van der Waals surface area contributed by atoms with Crippen LogP contribution in [0.4, 0.5) is 11.4 Å². The van der Waals surface area contributed by atoms with E-state index in [9.17, 15) is 9.59 Å². The van der Waals surface area contributed by atoms with Crippen LogP contribution in [0.1, 0.15) is 16.9 Å². The minimum atomic E-state index is -0.240. The summed E-state index contributed by atoms with van der Waals surface area (Å²) in [5, 5.41) is 3.51. The molecule has 0 atom stereocenters. The van der Waals surface area contributed by atoms with Gasteiger partial charge in [0, 0.05) is 11.6 Å². The van der Waals surface area contributed by atoms with E-state index < -0.39 is 0 Å². The Balaban J connectivity index is 1.52. The molecule has 1 aliphatic heterocycles. The summed E-state index contributed by atoms with van der Waals surface area (Å²) in [4.78, 5) is 32.8. The van der Waals surface area contributed by atoms with Gasteiger partial charge < -0.3 is 10.2 Å². The first kappa shape index (κ1) is 20.8. The lowest BCUT2D eigenvalue weighted by Crippen LogP contribution is -2.40. The predicted octanol–water partition coefficient (Wildman–Crippen LogP) is 5.34. The summed E-state index contributed by atoms with van der Waals surface area (Å²) >= 11 is 10.9. The molecule has 0 bridgehead atoms. The van der Waals surface area contributed by atoms with Gasteiger partial charge in [0.2, 0.25) is 11.8 Å². The third-order valence-corrected chi connectivity index (χ3v) is 6.53. The van der Waals surface area contributed by atoms with Gasteiger partial charge in [-0.05, 0) is 57.9 Å². The Morgan fingerprint density at radius 1 is 1.13 bits per heavy atom. The van der Waals surface area contributed by atoms with Crippen LogP contribution >= 0.6 is 38.9 Å². The number of para-hydroxylation sites is 2. The SMILES string of the molecule is O=C(CN1C(=O)CC(c2ccc(Br)s2)=Nc2ccccc21)NCc1ccc(Cl)cc1. The van der Waals surface area contributed by atoms with Gasteiger partial charge in [-0.2, -0.15) is 0 Å². The third kappa shape index (κ3) is 4.80. The average molecular weight is 503 g/mol. The summed E-state index contributed by atoms with van der Waals surface area (Å²) in [5.41, 5.74) is 2.94. The van der Waals surface area contributed by atoms with E-state index in [0.717, 1.165) is 14.2 Å². The molecule has 1 aromatic heterocycles. The average Bonchev–Trinajstić information content (AvgIpc) is 3.12. The van der Waals surface area contributed by atoms with Gasteiger partial charge in [0.05, 0.1) is 32.2 Å². The highest BCUT2D eigenvalue weighted by Gasteiger charge is 2.27. The zero-order chi connectivity index (χ0) is 21.1. The van der Waals surface area contributed by atoms with Crippen molar-refractivity contribution in [2.24, 2.45) is 4.99 Å². The van der Waals surface area contributed by atoms with Crippen molar-refractivity contribution in [3.63, 3.8) is 0 Å². The molecule has 0 spiro atoms. The summed E-state index contributed by atoms with van der Waals surface area (Å²) in [6.45, 7) is 0.297. The molecule has 0 unspecified atom stereocenters. The molecule has 3 aromatic rings. The summed E-state index contributed by atoms with van der Waals surface area (Å²) in [6, 6.07) is 18.5. The minimum absolute atomic E-state index is 0.0691. The van der Waals surface area contributed by atoms with Gasteiger partial charge >= 0.3 is 0 Å². The zero-order valence-corrected chi connectivity index (χ0v) is 18.9. The number of fused-ring (bicyclic) bond motifs is 1. The molecule has 0 radical (unpaired) electrons. The zero-order valence-electron chi connectivity index (χ0n) is 15.8. The Morgan fingerprint density at radius 3 is 2.63 bits per heavy atom. The molecule has 1 N–H and O–H groups in total. The minimum Gasteiger partial charge on any atom is -0.350 e. The van der Waals surface area contributed by atoms with E-state index in [-0.39, 0.29) is 24.8 Å². The fourth-order valence-electron chi connectivity index (χ4n) is 3.13. The highest BCUT2D eigenvalue weighted by atomic mass is 79.9. The quantitative estimate of drug-likeness (QED) is 0.512. The van der Waals surface area contributed by atoms with Crippen LogP contribution in [0.15, 0.2) is 69.4 Å². The van der Waals surface area contributed by atoms with E-state index in [1.165, 1.54) is 16.2 Å². The molecular weight excluding hydrogens is 486 g/mol. The second-order valence-corrected chi connectivity index (χ2v) is 9.61. The number of nitrogens with zero attached hydrogens (tertiary/aromatic N) is 2. The first-order valence-electron chi connectivity index (χ1n) is 9.23. The fraction of sp³-hybridized carbons (Fsp3) is 0.136. The number of amides is 2. The van der Waals surface area contributed by atoms with Crippen molar-refractivity contribution in [3.05, 3.63) is 79.9 Å². The van der Waals surface area contributed by atoms with E-state index >= 15 is 0 Å². The third-order valence-electron chi connectivity index (χ3n) is 4.61. The number of anilines is 1. The lowest BCUT2D eigenvalue weighted by atomic mass is 10.2. The molecule has 0 fully saturated rings. The van der Waals surface area contributed by atoms with Crippen LogP contribution in [-0.2, 0) is 16.1 Å². The number of rotatable bonds is 5. The second-order valence-electron chi connectivity index (χ2n) is 6.71. The van der Waals surface area contributed by atoms with E-state index in [4.69, 9.17) is 16.6 Å². The highest BCUT2D eigenvalue weighted by Crippen LogP contribution is 2.34. The van der Waals surface area contributed by atoms with Crippen molar-refractivity contribution in [2.45, 2.75) is 13.0 Å². The van der Waals surface area contributed by atoms with Crippen molar-refractivity contribution in [1.82, 2.24) is 5.32 Å². The van der Waals surface area contributed by atoms with Gasteiger partial charge in [0.15, 0.2) is 0 Å². The van der Waals surface area contributed by atoms with Crippen molar-refractivity contribution < 1.29 is 9.59 Å². The number of carbonyl (C=O) groups excluding carboxylic acids is 2. The first-order valence-corrected chi connectivity index (χ1v) is 11.2. The van der Waals surface area contributed by atoms with Gasteiger partial charge in [0.1, 0.15) is 6.54 Å². The van der Waals surface area contributed by atoms with E-state index in [0.29, 0.717) is 28.7 Å². The molecule has 2 amide bonds. The molecule has 4 rings (SSSR count). The molecule has 0 aliphatic carbocycles. The van der Waals surface area contributed by atoms with Gasteiger partial charge in [-0.25, -0.2) is 4.99 Å². The molecular formula is C22H17BrClN3O2S. The Kier molecular flexibility index (Phi) is 6.32. The number of hydrogen-bond donors (Lipinski definition) is 1. The molecule has 152 valence electrons. The Labute approximate surface area is 191 Å². The number of aliphatic imine (C=N–C) groups is 1. The van der Waals surface area contributed by atoms with E-state index in [1.54, 1.807) is 12.1 Å². The lowest BCUT2D eigenvalue weighted by molar-refractivity contribution is -0.123. The molecule has 1 aliphatic rings. The maximum absolute atomic E-state index is 13.1. The van der Waals surface area contributed by atoms with Gasteiger partial charge in [-0.1, -0.05) is 35.9 Å². The largest absolute Gasteiger partial charge is 0.350 e. The molecule has 0 saturated heterocycles. The number of hydrogen-bond acceptors (Lipinski definition) is 4. The van der Waals surface area contributed by atoms with E-state index in [1.807, 2.05) is 48.5 Å². The summed E-state index contributed by atoms with van der Waals surface area (Å²) in [5.74, 6) is -0.403. The molecule has 0 saturated carbocycles. The monoisotopic (exact) mass is 501 g/mol. The standard InChI is InChI=1S/C22H17BrClN3O2S/c23-20-10-9-19(30-20)17-11-22(29)27(18-4-2-1-3-16(18)26-17)13-21(28)25-12-14-5-7-15(24)8-6-14/h1-10H,11-13H2,(H,25,28). The summed E-state index contributed by atoms with van der Waals surface area (Å²) < 4.78 is 0.976. The first-order chi connectivity index (χ1) is 14.5. The van der Waals surface area contributed by atoms with Crippen LogP contribution in [0.5, 0.6) is 0 Å². The maximum Gasteiger partial charge on any atom is 0.240 e. The smallest absolute Gasteiger partial charge is 0.240 e. The van der Waals surface area contributed by atoms with Crippen LogP contribution in [0.25, 0.3) is 0 Å².